The molecule has 0 saturated carbocycles. The number of carbonyl (C=O) groups is 3. The second-order valence-corrected chi connectivity index (χ2v) is 17.0. The maximum Gasteiger partial charge on any atom is 0.407 e. The van der Waals surface area contributed by atoms with Crippen molar-refractivity contribution in [3.63, 3.8) is 0 Å². The molecule has 0 radical (unpaired) electrons. The van der Waals surface area contributed by atoms with Crippen molar-refractivity contribution >= 4 is 48.4 Å². The second kappa shape index (κ2) is 19.9. The Hall–Kier alpha value is -3.18. The van der Waals surface area contributed by atoms with Crippen LogP contribution in [0.5, 0.6) is 0 Å². The van der Waals surface area contributed by atoms with Gasteiger partial charge < -0.3 is 34.3 Å². The van der Waals surface area contributed by atoms with Gasteiger partial charge in [-0.3, -0.25) is 9.59 Å². The van der Waals surface area contributed by atoms with Gasteiger partial charge in [-0.1, -0.05) is 73.0 Å². The number of benzene rings is 2. The van der Waals surface area contributed by atoms with Gasteiger partial charge in [-0.25, -0.2) is 4.79 Å². The van der Waals surface area contributed by atoms with Crippen molar-refractivity contribution in [3.8, 4) is 12.3 Å². The molecular weight excluding hydrogens is 659 g/mol. The molecule has 0 aliphatic carbocycles. The fourth-order valence-electron chi connectivity index (χ4n) is 6.01. The van der Waals surface area contributed by atoms with E-state index in [2.05, 4.69) is 16.0 Å². The van der Waals surface area contributed by atoms with Gasteiger partial charge in [-0.05, 0) is 43.5 Å². The molecule has 10 nitrogen and oxygen atoms in total. The van der Waals surface area contributed by atoms with E-state index in [0.29, 0.717) is 31.1 Å². The highest BCUT2D eigenvalue weighted by molar-refractivity contribution is 8.00. The Morgan fingerprint density at radius 1 is 0.959 bits per heavy atom. The number of Topliss-reactive ketones (excluding diaryl/α,β-unsaturated/α-hetero) is 1. The molecule has 3 amide bonds. The largest absolute Gasteiger partial charge is 0.407 e. The second-order valence-electron chi connectivity index (χ2n) is 12.8. The van der Waals surface area contributed by atoms with Crippen molar-refractivity contribution in [3.05, 3.63) is 60.7 Å². The molecule has 0 bridgehead atoms. The number of unbranched alkanes of at least 4 members (excludes halogenated alkanes) is 1. The highest BCUT2D eigenvalue weighted by atomic mass is 32.2. The molecule has 2 aromatic carbocycles. The minimum Gasteiger partial charge on any atom is -0.385 e. The first-order chi connectivity index (χ1) is 24.4. The summed E-state index contributed by atoms with van der Waals surface area (Å²) in [6.45, 7) is 2.38. The third-order valence-electron chi connectivity index (χ3n) is 8.41. The number of nitrogens with one attached hydrogen (secondary N) is 3. The van der Waals surface area contributed by atoms with Crippen molar-refractivity contribution in [1.29, 1.82) is 0 Å². The topological polar surface area (TPSA) is 124 Å². The van der Waals surface area contributed by atoms with Gasteiger partial charge in [-0.15, -0.1) is 6.42 Å². The van der Waals surface area contributed by atoms with Crippen LogP contribution in [0.1, 0.15) is 61.5 Å². The van der Waals surface area contributed by atoms with Crippen molar-refractivity contribution in [2.24, 2.45) is 0 Å². The minimum atomic E-state index is -3.41. The molecule has 0 spiro atoms. The Bertz CT molecular complexity index is 1430. The van der Waals surface area contributed by atoms with E-state index in [1.807, 2.05) is 92.2 Å². The first kappa shape index (κ1) is 35.6. The maximum absolute atomic E-state index is 12.8. The lowest BCUT2D eigenvalue weighted by Gasteiger charge is -2.39. The zero-order valence-corrected chi connectivity index (χ0v) is 30.4. The average Bonchev–Trinajstić information content (AvgIpc) is 3.68. The molecule has 2 aliphatic rings. The first-order valence-electron chi connectivity index (χ1n) is 18.0. The summed E-state index contributed by atoms with van der Waals surface area (Å²) in [5.41, 5.74) is -0.856. The van der Waals surface area contributed by atoms with E-state index in [1.165, 1.54) is 0 Å². The Morgan fingerprint density at radius 3 is 2.35 bits per heavy atom. The Morgan fingerprint density at radius 2 is 1.65 bits per heavy atom. The number of ether oxygens (including phenoxy) is 2. The zero-order valence-electron chi connectivity index (χ0n) is 30.5. The highest BCUT2D eigenvalue weighted by Crippen LogP contribution is 2.33. The van der Waals surface area contributed by atoms with Gasteiger partial charge in [0.15, 0.2) is 0 Å². The van der Waals surface area contributed by atoms with Crippen molar-refractivity contribution in [2.45, 2.75) is 81.7 Å². The van der Waals surface area contributed by atoms with Gasteiger partial charge in [0.2, 0.25) is 5.91 Å². The summed E-state index contributed by atoms with van der Waals surface area (Å²) in [6, 6.07) is 19.6. The molecule has 0 aromatic heterocycles. The van der Waals surface area contributed by atoms with Crippen LogP contribution in [0.15, 0.2) is 60.7 Å². The van der Waals surface area contributed by atoms with Crippen molar-refractivity contribution < 1.29 is 35.5 Å². The summed E-state index contributed by atoms with van der Waals surface area (Å²) in [6.07, 6.45) is 9.85. The fraction of sp³-hybridized carbons (Fsp3) is 0.541. The molecule has 2 aromatic rings. The quantitative estimate of drug-likeness (QED) is 0.0695. The van der Waals surface area contributed by atoms with Crippen LogP contribution in [-0.4, -0.2) is 94.5 Å². The van der Waals surface area contributed by atoms with Crippen molar-refractivity contribution in [2.75, 3.05) is 45.3 Å². The van der Waals surface area contributed by atoms with Crippen LogP contribution in [0.4, 0.5) is 4.79 Å². The monoisotopic (exact) mass is 711 g/mol. The summed E-state index contributed by atoms with van der Waals surface area (Å²) in [5, 5.41) is 11.0. The smallest absolute Gasteiger partial charge is 0.385 e. The van der Waals surface area contributed by atoms with Crippen LogP contribution in [-0.2, 0) is 27.9 Å². The molecule has 4 rings (SSSR count). The number of hydrogen-bond acceptors (Lipinski definition) is 8. The first-order valence-corrected chi connectivity index (χ1v) is 19.9. The molecule has 2 aliphatic heterocycles. The molecule has 12 heteroatoms. The number of terminal acetylenes is 1. The maximum atomic E-state index is 12.8. The summed E-state index contributed by atoms with van der Waals surface area (Å²) in [5.74, 6) is 2.97. The van der Waals surface area contributed by atoms with E-state index in [9.17, 15) is 14.4 Å². The van der Waals surface area contributed by atoms with E-state index < -0.39 is 20.7 Å². The normalized spacial score (nSPS) is 19.6. The molecular formula is C37H51N3O7SSi. The third kappa shape index (κ3) is 12.3. The van der Waals surface area contributed by atoms with Crippen LogP contribution < -0.4 is 26.3 Å². The number of hydrogen-bond donors (Lipinski definition) is 3. The van der Waals surface area contributed by atoms with Crippen LogP contribution in [0.3, 0.4) is 0 Å². The van der Waals surface area contributed by atoms with E-state index in [4.69, 9.17) is 27.5 Å². The molecule has 0 unspecified atom stereocenters. The van der Waals surface area contributed by atoms with Gasteiger partial charge in [0.05, 0.1) is 40.2 Å². The minimum absolute atomic E-state index is 0.0308. The summed E-state index contributed by atoms with van der Waals surface area (Å²) < 4.78 is 39.7. The number of rotatable bonds is 23. The lowest BCUT2D eigenvalue weighted by molar-refractivity contribution is -0.123. The molecule has 49 heavy (non-hydrogen) atoms. The molecule has 2 heterocycles. The summed E-state index contributed by atoms with van der Waals surface area (Å²) in [7, 11) is -3.41. The number of amides is 3. The summed E-state index contributed by atoms with van der Waals surface area (Å²) in [4.78, 5) is 36.7. The number of ketones is 1. The Labute approximate surface area is 299 Å². The van der Waals surface area contributed by atoms with Gasteiger partial charge in [0.25, 0.3) is 0 Å². The number of urea groups is 1. The predicted molar refractivity (Wildman–Crippen MR) is 195 cm³/mol. The number of thioether (sulfide) groups is 1. The molecule has 2 saturated heterocycles. The van der Waals surface area contributed by atoms with E-state index in [-0.39, 0.29) is 62.6 Å². The predicted octanol–water partition coefficient (Wildman–Crippen LogP) is 3.30. The van der Waals surface area contributed by atoms with Crippen molar-refractivity contribution in [1.82, 2.24) is 16.0 Å². The molecule has 3 N–H and O–H groups in total. The van der Waals surface area contributed by atoms with Gasteiger partial charge >= 0.3 is 14.6 Å². The Kier molecular flexibility index (Phi) is 14.4. The van der Waals surface area contributed by atoms with E-state index in [1.54, 1.807) is 0 Å². The van der Waals surface area contributed by atoms with Gasteiger partial charge in [0.1, 0.15) is 12.3 Å². The lowest BCUT2D eigenvalue weighted by Crippen LogP contribution is -2.67. The lowest BCUT2D eigenvalue weighted by atomic mass is 10.0. The van der Waals surface area contributed by atoms with Gasteiger partial charge in [0, 0.05) is 43.4 Å². The number of carbonyl (C=O) groups excluding carboxylic acids is 3. The van der Waals surface area contributed by atoms with E-state index in [0.717, 1.165) is 35.4 Å². The number of fused-ring (bicyclic) bond motifs is 1. The van der Waals surface area contributed by atoms with Crippen LogP contribution in [0.2, 0.25) is 0 Å². The zero-order chi connectivity index (χ0) is 36.7. The van der Waals surface area contributed by atoms with Crippen LogP contribution in [0.25, 0.3) is 0 Å². The van der Waals surface area contributed by atoms with E-state index >= 15 is 0 Å². The molecule has 3 atom stereocenters. The Balaban J connectivity index is 1.17. The summed E-state index contributed by atoms with van der Waals surface area (Å²) >= 11 is 1.89. The molecule has 2 fully saturated rings. The van der Waals surface area contributed by atoms with Crippen LogP contribution >= 0.6 is 11.8 Å². The highest BCUT2D eigenvalue weighted by Gasteiger charge is 2.47. The SMILES string of the molecule is [2H]C([2H])(C#C)OCCO[Si](OC(C)(C)CNC(=O)CCOCCCC(=O)CCCC[C@@H]1SC[C@@H]2NC(=O)N[C@@H]21)(c1ccccc1)c1ccccc1. The molecule has 266 valence electrons. The fourth-order valence-corrected chi connectivity index (χ4v) is 11.0. The average molecular weight is 712 g/mol. The van der Waals surface area contributed by atoms with Crippen LogP contribution in [0, 0.1) is 12.3 Å². The standard InChI is InChI=1S/C37H51N3O7SSi/c1-4-22-44-25-26-46-49(30-16-7-5-8-17-30,31-18-9-6-10-19-31)47-37(2,3)28-38-34(42)21-24-45-23-13-15-29(41)14-11-12-20-33-35-32(27-48-33)39-36(43)40-35/h1,5-10,16-19,32-33,35H,11-15,20-28H2,2-3H3,(H,38,42)(H2,39,40,43)/t32-,33-,35-/m0/s1/i22D2. The van der Waals surface area contributed by atoms with Gasteiger partial charge in [-0.2, -0.15) is 11.8 Å². The third-order valence-corrected chi connectivity index (χ3v) is 13.6.